The molecule has 92 valence electrons. The van der Waals surface area contributed by atoms with Crippen LogP contribution >= 0.6 is 0 Å². The summed E-state index contributed by atoms with van der Waals surface area (Å²) in [6, 6.07) is 0. The van der Waals surface area contributed by atoms with Crippen molar-refractivity contribution >= 4 is 6.09 Å². The van der Waals surface area contributed by atoms with Crippen LogP contribution in [0.5, 0.6) is 0 Å². The average Bonchev–Trinajstić information content (AvgIpc) is 2.96. The maximum Gasteiger partial charge on any atom is 0.409 e. The van der Waals surface area contributed by atoms with E-state index in [1.165, 1.54) is 7.11 Å². The summed E-state index contributed by atoms with van der Waals surface area (Å²) >= 11 is 0. The fourth-order valence-corrected chi connectivity index (χ4v) is 2.95. The van der Waals surface area contributed by atoms with Crippen LogP contribution in [0.2, 0.25) is 0 Å². The molecular weight excluding hydrogens is 202 g/mol. The first kappa shape index (κ1) is 11.7. The summed E-state index contributed by atoms with van der Waals surface area (Å²) < 4.78 is 4.87. The Hall–Kier alpha value is -0.730. The van der Waals surface area contributed by atoms with Gasteiger partial charge in [0.05, 0.1) is 7.11 Å². The van der Waals surface area contributed by atoms with E-state index in [1.54, 1.807) is 0 Å². The van der Waals surface area contributed by atoms with Crippen molar-refractivity contribution in [1.29, 1.82) is 0 Å². The number of nitrogens with zero attached hydrogens (tertiary/aromatic N) is 1. The smallest absolute Gasteiger partial charge is 0.409 e. The highest BCUT2D eigenvalue weighted by atomic mass is 16.5. The highest BCUT2D eigenvalue weighted by Crippen LogP contribution is 2.53. The second kappa shape index (κ2) is 3.64. The number of amides is 1. The summed E-state index contributed by atoms with van der Waals surface area (Å²) in [5.41, 5.74) is 0.515. The second-order valence-electron chi connectivity index (χ2n) is 6.40. The average molecular weight is 225 g/mol. The van der Waals surface area contributed by atoms with E-state index in [4.69, 9.17) is 4.74 Å². The van der Waals surface area contributed by atoms with Crippen molar-refractivity contribution in [3.05, 3.63) is 0 Å². The predicted octanol–water partition coefficient (Wildman–Crippen LogP) is 3.04. The fraction of sp³-hybridized carbons (Fsp3) is 0.923. The van der Waals surface area contributed by atoms with E-state index < -0.39 is 0 Å². The van der Waals surface area contributed by atoms with Crippen molar-refractivity contribution in [3.8, 4) is 0 Å². The molecule has 1 aliphatic carbocycles. The fourth-order valence-electron chi connectivity index (χ4n) is 2.95. The molecule has 16 heavy (non-hydrogen) atoms. The zero-order chi connectivity index (χ0) is 12.0. The molecule has 3 nitrogen and oxygen atoms in total. The Kier molecular flexibility index (Phi) is 2.67. The zero-order valence-electron chi connectivity index (χ0n) is 10.9. The second-order valence-corrected chi connectivity index (χ2v) is 6.40. The Morgan fingerprint density at radius 2 is 2.00 bits per heavy atom. The van der Waals surface area contributed by atoms with Crippen LogP contribution in [-0.4, -0.2) is 30.2 Å². The van der Waals surface area contributed by atoms with Crippen molar-refractivity contribution in [1.82, 2.24) is 4.90 Å². The first-order valence-corrected chi connectivity index (χ1v) is 6.25. The van der Waals surface area contributed by atoms with Gasteiger partial charge in [-0.25, -0.2) is 4.79 Å². The summed E-state index contributed by atoms with van der Waals surface area (Å²) in [6.07, 6.45) is 4.46. The molecule has 1 aliphatic heterocycles. The third-order valence-corrected chi connectivity index (χ3v) is 4.35. The van der Waals surface area contributed by atoms with Gasteiger partial charge in [-0.2, -0.15) is 0 Å². The van der Waals surface area contributed by atoms with Gasteiger partial charge in [-0.3, -0.25) is 0 Å². The first-order valence-electron chi connectivity index (χ1n) is 6.25. The van der Waals surface area contributed by atoms with Gasteiger partial charge in [-0.15, -0.1) is 0 Å². The number of hydrogen-bond donors (Lipinski definition) is 0. The van der Waals surface area contributed by atoms with E-state index in [0.29, 0.717) is 5.41 Å². The molecule has 2 rings (SSSR count). The maximum absolute atomic E-state index is 11.7. The minimum atomic E-state index is -0.134. The summed E-state index contributed by atoms with van der Waals surface area (Å²) in [4.78, 5) is 13.7. The summed E-state index contributed by atoms with van der Waals surface area (Å²) in [5.74, 6) is 0.732. The van der Waals surface area contributed by atoms with Crippen LogP contribution in [-0.2, 0) is 4.74 Å². The van der Waals surface area contributed by atoms with Crippen LogP contribution in [0, 0.1) is 11.3 Å². The normalized spacial score (nSPS) is 28.0. The molecule has 0 radical (unpaired) electrons. The molecule has 1 atom stereocenters. The van der Waals surface area contributed by atoms with Crippen LogP contribution in [0.25, 0.3) is 0 Å². The van der Waals surface area contributed by atoms with Gasteiger partial charge < -0.3 is 9.64 Å². The van der Waals surface area contributed by atoms with Gasteiger partial charge in [0.15, 0.2) is 0 Å². The van der Waals surface area contributed by atoms with Crippen LogP contribution in [0.4, 0.5) is 4.79 Å². The van der Waals surface area contributed by atoms with Crippen molar-refractivity contribution in [2.24, 2.45) is 11.3 Å². The number of rotatable bonds is 0. The SMILES string of the molecule is COC(=O)N1CCC(C(C)(C)C)CC12CC2. The van der Waals surface area contributed by atoms with E-state index >= 15 is 0 Å². The Labute approximate surface area is 98.1 Å². The topological polar surface area (TPSA) is 29.5 Å². The highest BCUT2D eigenvalue weighted by molar-refractivity contribution is 5.69. The van der Waals surface area contributed by atoms with Gasteiger partial charge in [0.1, 0.15) is 0 Å². The molecule has 0 N–H and O–H groups in total. The molecular formula is C13H23NO2. The predicted molar refractivity (Wildman–Crippen MR) is 63.3 cm³/mol. The molecule has 1 saturated heterocycles. The Bertz CT molecular complexity index is 289. The van der Waals surface area contributed by atoms with E-state index in [9.17, 15) is 4.79 Å². The van der Waals surface area contributed by atoms with E-state index in [-0.39, 0.29) is 11.6 Å². The van der Waals surface area contributed by atoms with Crippen molar-refractivity contribution in [2.75, 3.05) is 13.7 Å². The van der Waals surface area contributed by atoms with Gasteiger partial charge in [-0.05, 0) is 37.0 Å². The molecule has 1 saturated carbocycles. The number of carbonyl (C=O) groups excluding carboxylic acids is 1. The molecule has 1 unspecified atom stereocenters. The van der Waals surface area contributed by atoms with Gasteiger partial charge in [-0.1, -0.05) is 20.8 Å². The lowest BCUT2D eigenvalue weighted by atomic mass is 9.72. The Balaban J connectivity index is 2.08. The highest BCUT2D eigenvalue weighted by Gasteiger charge is 2.55. The number of ether oxygens (including phenoxy) is 1. The van der Waals surface area contributed by atoms with E-state index in [0.717, 1.165) is 38.1 Å². The van der Waals surface area contributed by atoms with Crippen LogP contribution < -0.4 is 0 Å². The van der Waals surface area contributed by atoms with Crippen molar-refractivity contribution < 1.29 is 9.53 Å². The van der Waals surface area contributed by atoms with Gasteiger partial charge in [0.25, 0.3) is 0 Å². The number of hydrogen-bond acceptors (Lipinski definition) is 2. The summed E-state index contributed by atoms with van der Waals surface area (Å²) in [6.45, 7) is 7.79. The third-order valence-electron chi connectivity index (χ3n) is 4.35. The summed E-state index contributed by atoms with van der Waals surface area (Å²) in [7, 11) is 1.48. The number of piperidine rings is 1. The minimum Gasteiger partial charge on any atom is -0.453 e. The van der Waals surface area contributed by atoms with Gasteiger partial charge >= 0.3 is 6.09 Å². The molecule has 0 aromatic heterocycles. The van der Waals surface area contributed by atoms with Crippen LogP contribution in [0.1, 0.15) is 46.5 Å². The van der Waals surface area contributed by atoms with E-state index in [2.05, 4.69) is 20.8 Å². The molecule has 2 aliphatic rings. The van der Waals surface area contributed by atoms with Crippen LogP contribution in [0.15, 0.2) is 0 Å². The monoisotopic (exact) mass is 225 g/mol. The van der Waals surface area contributed by atoms with Gasteiger partial charge in [0, 0.05) is 12.1 Å². The molecule has 1 spiro atoms. The molecule has 3 heteroatoms. The lowest BCUT2D eigenvalue weighted by Gasteiger charge is -2.44. The number of methoxy groups -OCH3 is 1. The molecule has 2 fully saturated rings. The number of carbonyl (C=O) groups is 1. The largest absolute Gasteiger partial charge is 0.453 e. The Morgan fingerprint density at radius 1 is 1.38 bits per heavy atom. The van der Waals surface area contributed by atoms with Crippen molar-refractivity contribution in [2.45, 2.75) is 52.0 Å². The van der Waals surface area contributed by atoms with Crippen molar-refractivity contribution in [3.63, 3.8) is 0 Å². The zero-order valence-corrected chi connectivity index (χ0v) is 10.9. The first-order chi connectivity index (χ1) is 7.39. The number of likely N-dealkylation sites (tertiary alicyclic amines) is 1. The third kappa shape index (κ3) is 1.92. The molecule has 1 heterocycles. The lowest BCUT2D eigenvalue weighted by Crippen LogP contribution is -2.49. The molecule has 0 aromatic carbocycles. The standard InChI is InChI=1S/C13H23NO2/c1-12(2,3)10-5-8-14(11(15)16-4)13(9-10)6-7-13/h10H,5-9H2,1-4H3. The maximum atomic E-state index is 11.7. The summed E-state index contributed by atoms with van der Waals surface area (Å²) in [5, 5.41) is 0. The molecule has 1 amide bonds. The lowest BCUT2D eigenvalue weighted by molar-refractivity contribution is 0.0393. The van der Waals surface area contributed by atoms with Gasteiger partial charge in [0.2, 0.25) is 0 Å². The van der Waals surface area contributed by atoms with Crippen LogP contribution in [0.3, 0.4) is 0 Å². The van der Waals surface area contributed by atoms with E-state index in [1.807, 2.05) is 4.90 Å². The molecule has 0 aromatic rings. The quantitative estimate of drug-likeness (QED) is 0.634. The minimum absolute atomic E-state index is 0.134. The Morgan fingerprint density at radius 3 is 2.44 bits per heavy atom. The molecule has 0 bridgehead atoms.